The van der Waals surface area contributed by atoms with Gasteiger partial charge in [-0.25, -0.2) is 4.39 Å². The Balaban J connectivity index is 1.32. The van der Waals surface area contributed by atoms with Gasteiger partial charge in [-0.2, -0.15) is 5.10 Å². The van der Waals surface area contributed by atoms with Crippen LogP contribution in [0.4, 0.5) is 10.1 Å². The summed E-state index contributed by atoms with van der Waals surface area (Å²) in [7, 11) is 2.16. The summed E-state index contributed by atoms with van der Waals surface area (Å²) in [4.78, 5) is 20.9. The zero-order valence-electron chi connectivity index (χ0n) is 18.1. The third kappa shape index (κ3) is 4.77. The molecule has 0 atom stereocenters. The largest absolute Gasteiger partial charge is 0.453 e. The van der Waals surface area contributed by atoms with Gasteiger partial charge in [0.05, 0.1) is 23.0 Å². The van der Waals surface area contributed by atoms with Gasteiger partial charge in [0.15, 0.2) is 11.6 Å². The van der Waals surface area contributed by atoms with Gasteiger partial charge in [0, 0.05) is 67.7 Å². The lowest BCUT2D eigenvalue weighted by Gasteiger charge is -2.32. The second kappa shape index (κ2) is 9.34. The zero-order chi connectivity index (χ0) is 22.8. The van der Waals surface area contributed by atoms with Crippen LogP contribution in [0.1, 0.15) is 0 Å². The summed E-state index contributed by atoms with van der Waals surface area (Å²) in [6, 6.07) is 7.56. The van der Waals surface area contributed by atoms with E-state index < -0.39 is 5.82 Å². The maximum absolute atomic E-state index is 14.3. The molecule has 170 valence electrons. The summed E-state index contributed by atoms with van der Waals surface area (Å²) in [6.45, 7) is 6.20. The minimum atomic E-state index is -0.643. The number of thiophene rings is 1. The lowest BCUT2D eigenvalue weighted by molar-refractivity contribution is 0.149. The summed E-state index contributed by atoms with van der Waals surface area (Å²) in [5, 5.41) is 7.28. The maximum atomic E-state index is 14.3. The van der Waals surface area contributed by atoms with Crippen molar-refractivity contribution >= 4 is 27.2 Å². The number of hydrogen-bond acceptors (Lipinski definition) is 8. The number of rotatable bonds is 7. The van der Waals surface area contributed by atoms with Gasteiger partial charge in [0.1, 0.15) is 11.4 Å². The van der Waals surface area contributed by atoms with Crippen molar-refractivity contribution in [3.05, 3.63) is 59.6 Å². The van der Waals surface area contributed by atoms with Gasteiger partial charge < -0.3 is 9.64 Å². The third-order valence-corrected chi connectivity index (χ3v) is 6.96. The van der Waals surface area contributed by atoms with Crippen molar-refractivity contribution in [2.75, 3.05) is 39.8 Å². The Bertz CT molecular complexity index is 1280. The van der Waals surface area contributed by atoms with E-state index in [2.05, 4.69) is 32.1 Å². The number of halogens is 1. The summed E-state index contributed by atoms with van der Waals surface area (Å²) >= 11 is 1.52. The lowest BCUT2D eigenvalue weighted by Crippen LogP contribution is -2.45. The van der Waals surface area contributed by atoms with E-state index in [-0.39, 0.29) is 11.4 Å². The summed E-state index contributed by atoms with van der Waals surface area (Å²) in [5.41, 5.74) is 1.79. The first-order chi connectivity index (χ1) is 16.1. The summed E-state index contributed by atoms with van der Waals surface area (Å²) in [6.07, 6.45) is 5.54. The highest BCUT2D eigenvalue weighted by molar-refractivity contribution is 7.22. The lowest BCUT2D eigenvalue weighted by atomic mass is 10.2. The molecule has 0 radical (unpaired) electrons. The molecule has 8 nitrogen and oxygen atoms in total. The van der Waals surface area contributed by atoms with Crippen molar-refractivity contribution in [1.29, 1.82) is 0 Å². The second-order valence-electron chi connectivity index (χ2n) is 8.08. The highest BCUT2D eigenvalue weighted by Crippen LogP contribution is 2.39. The molecule has 0 aliphatic carbocycles. The Labute approximate surface area is 194 Å². The van der Waals surface area contributed by atoms with Gasteiger partial charge in [-0.05, 0) is 30.4 Å². The Morgan fingerprint density at radius 3 is 2.76 bits per heavy atom. The number of nitrogens with zero attached hydrogens (tertiary/aromatic N) is 6. The van der Waals surface area contributed by atoms with E-state index in [1.54, 1.807) is 12.3 Å². The van der Waals surface area contributed by atoms with Crippen molar-refractivity contribution in [3.8, 4) is 21.9 Å². The fourth-order valence-corrected chi connectivity index (χ4v) is 4.85. The van der Waals surface area contributed by atoms with E-state index in [0.717, 1.165) is 66.0 Å². The van der Waals surface area contributed by atoms with Crippen LogP contribution in [-0.2, 0) is 6.54 Å². The van der Waals surface area contributed by atoms with Crippen LogP contribution in [0.25, 0.3) is 20.7 Å². The van der Waals surface area contributed by atoms with Crippen LogP contribution in [0.15, 0.2) is 54.1 Å². The molecule has 3 aromatic heterocycles. The molecule has 0 saturated carbocycles. The Morgan fingerprint density at radius 1 is 1.12 bits per heavy atom. The van der Waals surface area contributed by atoms with Crippen LogP contribution in [0.2, 0.25) is 0 Å². The second-order valence-corrected chi connectivity index (χ2v) is 9.13. The molecule has 1 aromatic carbocycles. The van der Waals surface area contributed by atoms with E-state index in [1.807, 2.05) is 23.1 Å². The highest BCUT2D eigenvalue weighted by atomic mass is 32.1. The number of likely N-dealkylation sites (N-methyl/N-ethyl adjacent to an activating group) is 1. The van der Waals surface area contributed by atoms with Crippen LogP contribution >= 0.6 is 11.3 Å². The van der Waals surface area contributed by atoms with Crippen molar-refractivity contribution < 1.29 is 9.13 Å². The number of hydrogen-bond donors (Lipinski definition) is 0. The average Bonchev–Trinajstić information content (AvgIpc) is 3.47. The molecular weight excluding hydrogens is 443 g/mol. The predicted molar refractivity (Wildman–Crippen MR) is 127 cm³/mol. The van der Waals surface area contributed by atoms with Crippen LogP contribution < -0.4 is 4.74 Å². The summed E-state index contributed by atoms with van der Waals surface area (Å²) < 4.78 is 22.9. The van der Waals surface area contributed by atoms with Crippen LogP contribution in [0.3, 0.4) is 0 Å². The molecule has 4 heterocycles. The van der Waals surface area contributed by atoms with Gasteiger partial charge in [0.25, 0.3) is 0 Å². The first-order valence-corrected chi connectivity index (χ1v) is 11.5. The van der Waals surface area contributed by atoms with Crippen molar-refractivity contribution in [3.63, 3.8) is 0 Å². The summed E-state index contributed by atoms with van der Waals surface area (Å²) in [5.74, 6) is -0.110. The van der Waals surface area contributed by atoms with Crippen molar-refractivity contribution in [2.45, 2.75) is 6.54 Å². The molecule has 0 amide bonds. The number of fused-ring (bicyclic) bond motifs is 1. The number of ether oxygens (including phenoxy) is 1. The molecule has 0 N–H and O–H groups in total. The fourth-order valence-electron chi connectivity index (χ4n) is 3.81. The van der Waals surface area contributed by atoms with E-state index in [1.165, 1.54) is 23.5 Å². The third-order valence-electron chi connectivity index (χ3n) is 5.78. The fraction of sp³-hybridized carbons (Fsp3) is 0.304. The maximum Gasteiger partial charge on any atom is 0.167 e. The van der Waals surface area contributed by atoms with Gasteiger partial charge >= 0.3 is 0 Å². The molecule has 1 fully saturated rings. The highest BCUT2D eigenvalue weighted by Gasteiger charge is 2.16. The van der Waals surface area contributed by atoms with E-state index in [4.69, 9.17) is 4.74 Å². The molecule has 5 rings (SSSR count). The molecule has 33 heavy (non-hydrogen) atoms. The Hall–Kier alpha value is -3.21. The quantitative estimate of drug-likeness (QED) is 0.366. The Kier molecular flexibility index (Phi) is 6.12. The molecule has 0 unspecified atom stereocenters. The van der Waals surface area contributed by atoms with E-state index in [9.17, 15) is 9.30 Å². The molecule has 0 bridgehead atoms. The van der Waals surface area contributed by atoms with Crippen LogP contribution in [0.5, 0.6) is 11.5 Å². The minimum Gasteiger partial charge on any atom is -0.453 e. The van der Waals surface area contributed by atoms with E-state index >= 15 is 0 Å². The average molecular weight is 467 g/mol. The standard InChI is InChI=1S/C23H23FN6O2S/c1-28-6-8-29(9-7-28)10-11-30-15-16(14-26-30)22-13-19-23(33-22)21(4-5-25-19)32-20-3-2-17(27-31)12-18(20)24/h2-5,12-15H,6-11H2,1H3. The number of piperazine rings is 1. The topological polar surface area (TPSA) is 75.8 Å². The molecule has 10 heteroatoms. The van der Waals surface area contributed by atoms with E-state index in [0.29, 0.717) is 5.75 Å². The zero-order valence-corrected chi connectivity index (χ0v) is 19.0. The van der Waals surface area contributed by atoms with Crippen LogP contribution in [-0.4, -0.2) is 64.3 Å². The smallest absolute Gasteiger partial charge is 0.167 e. The SMILES string of the molecule is CN1CCN(CCn2cc(-c3cc4nccc(Oc5ccc(N=O)cc5F)c4s3)cn2)CC1. The van der Waals surface area contributed by atoms with Crippen LogP contribution in [0, 0.1) is 10.7 Å². The number of nitroso groups, excluding NO2 is 1. The monoisotopic (exact) mass is 466 g/mol. The predicted octanol–water partition coefficient (Wildman–Crippen LogP) is 4.74. The molecule has 1 saturated heterocycles. The minimum absolute atomic E-state index is 0.0165. The van der Waals surface area contributed by atoms with Gasteiger partial charge in [-0.3, -0.25) is 14.6 Å². The Morgan fingerprint density at radius 2 is 1.97 bits per heavy atom. The molecule has 1 aliphatic rings. The van der Waals surface area contributed by atoms with Crippen molar-refractivity contribution in [1.82, 2.24) is 24.6 Å². The van der Waals surface area contributed by atoms with Gasteiger partial charge in [0.2, 0.25) is 0 Å². The number of benzene rings is 1. The normalized spacial score (nSPS) is 15.2. The van der Waals surface area contributed by atoms with Gasteiger partial charge in [-0.1, -0.05) is 0 Å². The molecule has 4 aromatic rings. The molecular formula is C23H23FN6O2S. The molecule has 0 spiro atoms. The molecule has 1 aliphatic heterocycles. The first kappa shape index (κ1) is 21.6. The number of pyridine rings is 1. The van der Waals surface area contributed by atoms with Gasteiger partial charge in [-0.15, -0.1) is 16.2 Å². The number of aromatic nitrogens is 3. The first-order valence-electron chi connectivity index (χ1n) is 10.7. The van der Waals surface area contributed by atoms with Crippen molar-refractivity contribution in [2.24, 2.45) is 5.18 Å².